The SMILES string of the molecule is Cc1cc(C)c2ncc(C(=O)NCO)c(-c3ccccc3Cl)c2c1. The molecule has 0 radical (unpaired) electrons. The molecule has 3 aromatic rings. The maximum Gasteiger partial charge on any atom is 0.255 e. The van der Waals surface area contributed by atoms with E-state index in [2.05, 4.69) is 16.4 Å². The van der Waals surface area contributed by atoms with Gasteiger partial charge in [0.05, 0.1) is 11.1 Å². The van der Waals surface area contributed by atoms with Crippen molar-refractivity contribution in [1.82, 2.24) is 10.3 Å². The Morgan fingerprint density at radius 2 is 2.00 bits per heavy atom. The number of aromatic nitrogens is 1. The molecule has 0 spiro atoms. The molecule has 0 saturated heterocycles. The summed E-state index contributed by atoms with van der Waals surface area (Å²) >= 11 is 6.39. The second kappa shape index (κ2) is 6.59. The molecule has 0 saturated carbocycles. The quantitative estimate of drug-likeness (QED) is 0.712. The number of halogens is 1. The topological polar surface area (TPSA) is 62.2 Å². The lowest BCUT2D eigenvalue weighted by Crippen LogP contribution is -2.25. The average molecular weight is 341 g/mol. The normalized spacial score (nSPS) is 10.8. The summed E-state index contributed by atoms with van der Waals surface area (Å²) in [6, 6.07) is 11.5. The van der Waals surface area contributed by atoms with E-state index in [1.165, 1.54) is 6.20 Å². The van der Waals surface area contributed by atoms with Crippen LogP contribution in [0.2, 0.25) is 5.02 Å². The number of aliphatic hydroxyl groups is 1. The fraction of sp³-hybridized carbons (Fsp3) is 0.158. The molecule has 2 aromatic carbocycles. The molecule has 0 bridgehead atoms. The second-order valence-electron chi connectivity index (χ2n) is 5.67. The van der Waals surface area contributed by atoms with Crippen molar-refractivity contribution in [3.05, 3.63) is 64.3 Å². The van der Waals surface area contributed by atoms with Gasteiger partial charge >= 0.3 is 0 Å². The third-order valence-corrected chi connectivity index (χ3v) is 4.26. The minimum atomic E-state index is -0.439. The molecule has 3 rings (SSSR count). The van der Waals surface area contributed by atoms with Gasteiger partial charge in [-0.1, -0.05) is 41.4 Å². The van der Waals surface area contributed by atoms with Crippen LogP contribution in [0.25, 0.3) is 22.0 Å². The third kappa shape index (κ3) is 2.86. The van der Waals surface area contributed by atoms with E-state index in [1.807, 2.05) is 38.1 Å². The first-order chi connectivity index (χ1) is 11.5. The fourth-order valence-electron chi connectivity index (χ4n) is 2.95. The number of fused-ring (bicyclic) bond motifs is 1. The van der Waals surface area contributed by atoms with Gasteiger partial charge < -0.3 is 10.4 Å². The van der Waals surface area contributed by atoms with Gasteiger partial charge in [0.1, 0.15) is 6.73 Å². The molecule has 0 aliphatic carbocycles. The van der Waals surface area contributed by atoms with Gasteiger partial charge in [-0.05, 0) is 31.5 Å². The van der Waals surface area contributed by atoms with E-state index in [9.17, 15) is 4.79 Å². The zero-order valence-corrected chi connectivity index (χ0v) is 14.2. The summed E-state index contributed by atoms with van der Waals surface area (Å²) < 4.78 is 0. The lowest BCUT2D eigenvalue weighted by Gasteiger charge is -2.15. The van der Waals surface area contributed by atoms with E-state index < -0.39 is 6.73 Å². The van der Waals surface area contributed by atoms with Crippen molar-refractivity contribution < 1.29 is 9.90 Å². The first kappa shape index (κ1) is 16.4. The van der Waals surface area contributed by atoms with Crippen LogP contribution in [-0.2, 0) is 0 Å². The maximum atomic E-state index is 12.4. The van der Waals surface area contributed by atoms with Crippen LogP contribution in [-0.4, -0.2) is 22.7 Å². The van der Waals surface area contributed by atoms with Crippen molar-refractivity contribution in [3.8, 4) is 11.1 Å². The zero-order valence-electron chi connectivity index (χ0n) is 13.4. The van der Waals surface area contributed by atoms with Gasteiger partial charge in [-0.2, -0.15) is 0 Å². The van der Waals surface area contributed by atoms with Gasteiger partial charge in [-0.15, -0.1) is 0 Å². The number of aryl methyl sites for hydroxylation is 2. The molecule has 0 fully saturated rings. The van der Waals surface area contributed by atoms with Crippen molar-refractivity contribution in [2.45, 2.75) is 13.8 Å². The Morgan fingerprint density at radius 3 is 2.71 bits per heavy atom. The molecular formula is C19H17ClN2O2. The van der Waals surface area contributed by atoms with E-state index in [-0.39, 0.29) is 5.91 Å². The minimum absolute atomic E-state index is 0.384. The number of rotatable bonds is 3. The number of benzene rings is 2. The zero-order chi connectivity index (χ0) is 17.3. The Bertz CT molecular complexity index is 938. The number of carbonyl (C=O) groups excluding carboxylic acids is 1. The van der Waals surface area contributed by atoms with Crippen molar-refractivity contribution in [2.24, 2.45) is 0 Å². The van der Waals surface area contributed by atoms with Crippen LogP contribution in [0, 0.1) is 13.8 Å². The Hall–Kier alpha value is -2.43. The van der Waals surface area contributed by atoms with Crippen molar-refractivity contribution in [1.29, 1.82) is 0 Å². The molecule has 0 aliphatic heterocycles. The maximum absolute atomic E-state index is 12.4. The number of pyridine rings is 1. The Balaban J connectivity index is 2.43. The number of nitrogens with zero attached hydrogens (tertiary/aromatic N) is 1. The molecule has 0 aliphatic rings. The number of aliphatic hydroxyl groups excluding tert-OH is 1. The second-order valence-corrected chi connectivity index (χ2v) is 6.08. The molecule has 5 heteroatoms. The highest BCUT2D eigenvalue weighted by Crippen LogP contribution is 2.36. The summed E-state index contributed by atoms with van der Waals surface area (Å²) in [7, 11) is 0. The van der Waals surface area contributed by atoms with E-state index in [0.29, 0.717) is 10.6 Å². The summed E-state index contributed by atoms with van der Waals surface area (Å²) in [5.41, 5.74) is 4.82. The number of hydrogen-bond donors (Lipinski definition) is 2. The van der Waals surface area contributed by atoms with Crippen LogP contribution in [0.4, 0.5) is 0 Å². The molecule has 24 heavy (non-hydrogen) atoms. The molecule has 2 N–H and O–H groups in total. The highest BCUT2D eigenvalue weighted by Gasteiger charge is 2.19. The summed E-state index contributed by atoms with van der Waals surface area (Å²) in [6.45, 7) is 3.56. The van der Waals surface area contributed by atoms with Gasteiger partial charge in [-0.3, -0.25) is 9.78 Å². The molecular weight excluding hydrogens is 324 g/mol. The molecule has 122 valence electrons. The lowest BCUT2D eigenvalue weighted by atomic mass is 9.93. The average Bonchev–Trinajstić information content (AvgIpc) is 2.54. The molecule has 0 atom stereocenters. The fourth-order valence-corrected chi connectivity index (χ4v) is 3.18. The van der Waals surface area contributed by atoms with Crippen LogP contribution in [0.3, 0.4) is 0 Å². The van der Waals surface area contributed by atoms with E-state index in [4.69, 9.17) is 16.7 Å². The van der Waals surface area contributed by atoms with Gasteiger partial charge in [0, 0.05) is 27.7 Å². The summed E-state index contributed by atoms with van der Waals surface area (Å²) in [4.78, 5) is 16.9. The molecule has 1 aromatic heterocycles. The van der Waals surface area contributed by atoms with Crippen LogP contribution in [0.15, 0.2) is 42.6 Å². The first-order valence-corrected chi connectivity index (χ1v) is 7.94. The van der Waals surface area contributed by atoms with Crippen molar-refractivity contribution in [3.63, 3.8) is 0 Å². The molecule has 1 heterocycles. The highest BCUT2D eigenvalue weighted by atomic mass is 35.5. The number of carbonyl (C=O) groups is 1. The summed E-state index contributed by atoms with van der Waals surface area (Å²) in [6.07, 6.45) is 1.54. The lowest BCUT2D eigenvalue weighted by molar-refractivity contribution is 0.0910. The van der Waals surface area contributed by atoms with Crippen molar-refractivity contribution >= 4 is 28.4 Å². The van der Waals surface area contributed by atoms with Gasteiger partial charge in [0.2, 0.25) is 0 Å². The minimum Gasteiger partial charge on any atom is -0.376 e. The monoisotopic (exact) mass is 340 g/mol. The predicted octanol–water partition coefficient (Wildman–Crippen LogP) is 3.85. The number of amides is 1. The number of hydrogen-bond acceptors (Lipinski definition) is 3. The van der Waals surface area contributed by atoms with Crippen molar-refractivity contribution in [2.75, 3.05) is 6.73 Å². The van der Waals surface area contributed by atoms with Gasteiger partial charge in [0.15, 0.2) is 0 Å². The molecule has 4 nitrogen and oxygen atoms in total. The molecule has 0 unspecified atom stereocenters. The summed E-state index contributed by atoms with van der Waals surface area (Å²) in [5.74, 6) is -0.388. The van der Waals surface area contributed by atoms with Crippen LogP contribution in [0.5, 0.6) is 0 Å². The Morgan fingerprint density at radius 1 is 1.25 bits per heavy atom. The van der Waals surface area contributed by atoms with E-state index >= 15 is 0 Å². The third-order valence-electron chi connectivity index (χ3n) is 3.93. The van der Waals surface area contributed by atoms with Crippen LogP contribution >= 0.6 is 11.6 Å². The van der Waals surface area contributed by atoms with Gasteiger partial charge in [-0.25, -0.2) is 0 Å². The Kier molecular flexibility index (Phi) is 4.51. The predicted molar refractivity (Wildman–Crippen MR) is 96.2 cm³/mol. The van der Waals surface area contributed by atoms with Crippen LogP contribution in [0.1, 0.15) is 21.5 Å². The molecule has 1 amide bonds. The summed E-state index contributed by atoms with van der Waals surface area (Å²) in [5, 5.41) is 12.9. The van der Waals surface area contributed by atoms with E-state index in [0.717, 1.165) is 33.2 Å². The highest BCUT2D eigenvalue weighted by molar-refractivity contribution is 6.34. The smallest absolute Gasteiger partial charge is 0.255 e. The van der Waals surface area contributed by atoms with E-state index in [1.54, 1.807) is 6.07 Å². The largest absolute Gasteiger partial charge is 0.376 e. The standard InChI is InChI=1S/C19H17ClN2O2/c1-11-7-12(2)18-14(8-11)17(13-5-3-4-6-16(13)20)15(9-21-18)19(24)22-10-23/h3-9,23H,10H2,1-2H3,(H,22,24). The number of nitrogens with one attached hydrogen (secondary N) is 1. The first-order valence-electron chi connectivity index (χ1n) is 7.57. The van der Waals surface area contributed by atoms with Crippen LogP contribution < -0.4 is 5.32 Å². The van der Waals surface area contributed by atoms with Gasteiger partial charge in [0.25, 0.3) is 5.91 Å². The Labute approximate surface area is 145 Å².